The van der Waals surface area contributed by atoms with Gasteiger partial charge in [0.15, 0.2) is 0 Å². The number of hydrogen-bond acceptors (Lipinski definition) is 5. The largest absolute Gasteiger partial charge is 0.490 e. The molecule has 0 fully saturated rings. The molecule has 9 nitrogen and oxygen atoms in total. The van der Waals surface area contributed by atoms with Crippen molar-refractivity contribution in [1.82, 2.24) is 5.32 Å². The number of nitrogens with one attached hydrogen (secondary N) is 3. The minimum Gasteiger partial charge on any atom is -0.490 e. The molecule has 170 valence electrons. The number of anilines is 3. The van der Waals surface area contributed by atoms with Crippen molar-refractivity contribution in [2.24, 2.45) is 0 Å². The third kappa shape index (κ3) is 5.91. The van der Waals surface area contributed by atoms with Crippen LogP contribution in [0.15, 0.2) is 71.3 Å². The lowest BCUT2D eigenvalue weighted by molar-refractivity contribution is -0.122. The maximum absolute atomic E-state index is 12.6. The molecule has 3 aromatic rings. The molecule has 0 atom stereocenters. The number of carbonyl (C=O) groups excluding carboxylic acids is 3. The molecule has 1 aromatic heterocycles. The van der Waals surface area contributed by atoms with Crippen molar-refractivity contribution in [2.45, 2.75) is 19.4 Å². The van der Waals surface area contributed by atoms with E-state index in [1.807, 2.05) is 24.3 Å². The zero-order valence-corrected chi connectivity index (χ0v) is 17.9. The highest BCUT2D eigenvalue weighted by Gasteiger charge is 2.23. The lowest BCUT2D eigenvalue weighted by Crippen LogP contribution is -2.38. The highest BCUT2D eigenvalue weighted by atomic mass is 16.5. The molecule has 1 aliphatic rings. The number of rotatable bonds is 7. The first kappa shape index (κ1) is 21.9. The summed E-state index contributed by atoms with van der Waals surface area (Å²) >= 11 is 0. The Bertz CT molecular complexity index is 1110. The Kier molecular flexibility index (Phi) is 6.89. The van der Waals surface area contributed by atoms with Gasteiger partial charge in [-0.05, 0) is 48.5 Å². The van der Waals surface area contributed by atoms with Crippen LogP contribution in [0.3, 0.4) is 0 Å². The molecule has 0 saturated heterocycles. The maximum atomic E-state index is 12.6. The molecule has 0 unspecified atom stereocenters. The van der Waals surface area contributed by atoms with Crippen molar-refractivity contribution in [3.8, 4) is 5.75 Å². The molecule has 33 heavy (non-hydrogen) atoms. The summed E-state index contributed by atoms with van der Waals surface area (Å²) in [5, 5.41) is 8.16. The van der Waals surface area contributed by atoms with E-state index in [0.717, 1.165) is 5.69 Å². The van der Waals surface area contributed by atoms with Crippen LogP contribution in [0.1, 0.15) is 18.6 Å². The third-order valence-corrected chi connectivity index (χ3v) is 5.03. The number of para-hydroxylation sites is 2. The van der Waals surface area contributed by atoms with Gasteiger partial charge in [-0.25, -0.2) is 4.79 Å². The van der Waals surface area contributed by atoms with E-state index >= 15 is 0 Å². The van der Waals surface area contributed by atoms with Crippen molar-refractivity contribution >= 4 is 34.9 Å². The summed E-state index contributed by atoms with van der Waals surface area (Å²) in [6.45, 7) is 1.17. The summed E-state index contributed by atoms with van der Waals surface area (Å²) < 4.78 is 10.7. The van der Waals surface area contributed by atoms with Gasteiger partial charge in [-0.2, -0.15) is 0 Å². The van der Waals surface area contributed by atoms with E-state index in [0.29, 0.717) is 36.0 Å². The van der Waals surface area contributed by atoms with Gasteiger partial charge in [0.1, 0.15) is 18.1 Å². The number of urea groups is 1. The minimum absolute atomic E-state index is 0.0630. The van der Waals surface area contributed by atoms with E-state index in [9.17, 15) is 14.4 Å². The van der Waals surface area contributed by atoms with Crippen LogP contribution in [0.5, 0.6) is 5.75 Å². The van der Waals surface area contributed by atoms with Crippen LogP contribution in [0.2, 0.25) is 0 Å². The van der Waals surface area contributed by atoms with Crippen LogP contribution in [-0.4, -0.2) is 31.0 Å². The Labute approximate surface area is 190 Å². The Hall–Kier alpha value is -4.27. The molecular weight excluding hydrogens is 424 g/mol. The Morgan fingerprint density at radius 3 is 2.39 bits per heavy atom. The second-order valence-corrected chi connectivity index (χ2v) is 7.37. The van der Waals surface area contributed by atoms with Gasteiger partial charge in [0, 0.05) is 24.2 Å². The predicted molar refractivity (Wildman–Crippen MR) is 123 cm³/mol. The zero-order valence-electron chi connectivity index (χ0n) is 17.9. The second-order valence-electron chi connectivity index (χ2n) is 7.37. The molecule has 2 aromatic carbocycles. The van der Waals surface area contributed by atoms with Gasteiger partial charge in [0.2, 0.25) is 11.8 Å². The smallest absolute Gasteiger partial charge is 0.319 e. The average Bonchev–Trinajstić information content (AvgIpc) is 3.36. The first-order valence-electron chi connectivity index (χ1n) is 10.6. The number of hydrogen-bond donors (Lipinski definition) is 3. The molecular formula is C24H24N4O5. The molecule has 0 saturated carbocycles. The van der Waals surface area contributed by atoms with Gasteiger partial charge in [0.05, 0.1) is 25.0 Å². The van der Waals surface area contributed by atoms with Gasteiger partial charge in [0.25, 0.3) is 0 Å². The Morgan fingerprint density at radius 2 is 1.64 bits per heavy atom. The minimum atomic E-state index is -0.369. The molecule has 0 spiro atoms. The fourth-order valence-electron chi connectivity index (χ4n) is 3.40. The zero-order chi connectivity index (χ0) is 23.0. The number of fused-ring (bicyclic) bond motifs is 1. The number of amides is 4. The van der Waals surface area contributed by atoms with Crippen molar-refractivity contribution in [3.63, 3.8) is 0 Å². The standard InChI is InChI=1S/C24H24N4O5/c29-22(11-12-23(30)28-13-15-33-21-6-2-1-5-20(21)28)26-17-7-9-18(10-8-17)27-24(31)25-16-19-4-3-14-32-19/h1-10,14H,11-13,15-16H2,(H,26,29)(H2,25,27,31). The average molecular weight is 448 g/mol. The lowest BCUT2D eigenvalue weighted by atomic mass is 10.2. The summed E-state index contributed by atoms with van der Waals surface area (Å²) in [7, 11) is 0. The van der Waals surface area contributed by atoms with Gasteiger partial charge >= 0.3 is 6.03 Å². The number of nitrogens with zero attached hydrogens (tertiary/aromatic N) is 1. The van der Waals surface area contributed by atoms with Crippen LogP contribution in [-0.2, 0) is 16.1 Å². The monoisotopic (exact) mass is 448 g/mol. The van der Waals surface area contributed by atoms with Gasteiger partial charge < -0.3 is 30.0 Å². The number of benzene rings is 2. The predicted octanol–water partition coefficient (Wildman–Crippen LogP) is 3.75. The van der Waals surface area contributed by atoms with E-state index in [2.05, 4.69) is 16.0 Å². The normalized spacial score (nSPS) is 12.3. The Balaban J connectivity index is 1.22. The highest BCUT2D eigenvalue weighted by Crippen LogP contribution is 2.31. The summed E-state index contributed by atoms with van der Waals surface area (Å²) in [6, 6.07) is 17.2. The van der Waals surface area contributed by atoms with E-state index in [-0.39, 0.29) is 37.2 Å². The quantitative estimate of drug-likeness (QED) is 0.510. The fraction of sp³-hybridized carbons (Fsp3) is 0.208. The first-order valence-corrected chi connectivity index (χ1v) is 10.6. The molecule has 4 rings (SSSR count). The van der Waals surface area contributed by atoms with E-state index in [1.54, 1.807) is 47.6 Å². The SMILES string of the molecule is O=C(CCC(=O)N1CCOc2ccccc21)Nc1ccc(NC(=O)NCc2ccco2)cc1. The van der Waals surface area contributed by atoms with Crippen molar-refractivity contribution in [3.05, 3.63) is 72.7 Å². The molecule has 0 aliphatic carbocycles. The Morgan fingerprint density at radius 1 is 0.879 bits per heavy atom. The molecule has 0 bridgehead atoms. The molecule has 1 aliphatic heterocycles. The van der Waals surface area contributed by atoms with Crippen LogP contribution < -0.4 is 25.6 Å². The summed E-state index contributed by atoms with van der Waals surface area (Å²) in [4.78, 5) is 38.5. The lowest BCUT2D eigenvalue weighted by Gasteiger charge is -2.29. The molecule has 2 heterocycles. The van der Waals surface area contributed by atoms with Crippen molar-refractivity contribution in [2.75, 3.05) is 28.7 Å². The number of ether oxygens (including phenoxy) is 1. The van der Waals surface area contributed by atoms with Crippen LogP contribution >= 0.6 is 0 Å². The molecule has 0 radical (unpaired) electrons. The van der Waals surface area contributed by atoms with Crippen LogP contribution in [0.4, 0.5) is 21.9 Å². The summed E-state index contributed by atoms with van der Waals surface area (Å²) in [6.07, 6.45) is 1.70. The van der Waals surface area contributed by atoms with Crippen molar-refractivity contribution in [1.29, 1.82) is 0 Å². The first-order chi connectivity index (χ1) is 16.1. The van der Waals surface area contributed by atoms with Gasteiger partial charge in [-0.3, -0.25) is 9.59 Å². The van der Waals surface area contributed by atoms with E-state index in [4.69, 9.17) is 9.15 Å². The summed E-state index contributed by atoms with van der Waals surface area (Å²) in [5.41, 5.74) is 1.88. The number of carbonyl (C=O) groups is 3. The second kappa shape index (κ2) is 10.4. The third-order valence-electron chi connectivity index (χ3n) is 5.03. The molecule has 9 heteroatoms. The molecule has 3 N–H and O–H groups in total. The topological polar surface area (TPSA) is 113 Å². The van der Waals surface area contributed by atoms with Gasteiger partial charge in [-0.1, -0.05) is 12.1 Å². The highest BCUT2D eigenvalue weighted by molar-refractivity contribution is 5.99. The molecule has 4 amide bonds. The maximum Gasteiger partial charge on any atom is 0.319 e. The van der Waals surface area contributed by atoms with E-state index < -0.39 is 0 Å². The number of furan rings is 1. The van der Waals surface area contributed by atoms with Gasteiger partial charge in [-0.15, -0.1) is 0 Å². The van der Waals surface area contributed by atoms with E-state index in [1.165, 1.54) is 0 Å². The van der Waals surface area contributed by atoms with Crippen LogP contribution in [0, 0.1) is 0 Å². The fourth-order valence-corrected chi connectivity index (χ4v) is 3.40. The van der Waals surface area contributed by atoms with Crippen LogP contribution in [0.25, 0.3) is 0 Å². The summed E-state index contributed by atoms with van der Waals surface area (Å²) in [5.74, 6) is 0.937. The van der Waals surface area contributed by atoms with Crippen molar-refractivity contribution < 1.29 is 23.5 Å².